The fourth-order valence-corrected chi connectivity index (χ4v) is 4.46. The van der Waals surface area contributed by atoms with Crippen molar-refractivity contribution in [2.24, 2.45) is 0 Å². The van der Waals surface area contributed by atoms with E-state index < -0.39 is 0 Å². The third-order valence-electron chi connectivity index (χ3n) is 6.25. The van der Waals surface area contributed by atoms with Crippen LogP contribution in [-0.4, -0.2) is 11.4 Å². The number of benzene rings is 3. The number of hydrogen-bond acceptors (Lipinski definition) is 2. The Morgan fingerprint density at radius 1 is 0.562 bits per heavy atom. The molecule has 2 nitrogen and oxygen atoms in total. The van der Waals surface area contributed by atoms with Crippen molar-refractivity contribution in [3.8, 4) is 0 Å². The highest BCUT2D eigenvalue weighted by Gasteiger charge is 2.12. The summed E-state index contributed by atoms with van der Waals surface area (Å²) in [7, 11) is 0. The minimum Gasteiger partial charge on any atom is -0.305 e. The second-order valence-corrected chi connectivity index (χ2v) is 8.68. The van der Waals surface area contributed by atoms with Crippen LogP contribution in [0.15, 0.2) is 54.6 Å². The Bertz CT molecular complexity index is 1030. The molecule has 0 radical (unpaired) electrons. The van der Waals surface area contributed by atoms with E-state index in [-0.39, 0.29) is 0 Å². The first-order valence-electron chi connectivity index (χ1n) is 11.5. The number of rotatable bonds is 6. The van der Waals surface area contributed by atoms with Crippen LogP contribution in [0, 0.1) is 38.5 Å². The molecule has 0 heterocycles. The first-order chi connectivity index (χ1) is 15.2. The van der Waals surface area contributed by atoms with Crippen molar-refractivity contribution >= 4 is 11.4 Å². The Morgan fingerprint density at radius 2 is 0.906 bits per heavy atom. The summed E-state index contributed by atoms with van der Waals surface area (Å²) in [6.07, 6.45) is 2.96. The number of aryl methyl sites for hydroxylation is 4. The maximum atomic E-state index is 8.01. The van der Waals surface area contributed by atoms with Gasteiger partial charge in [0.15, 0.2) is 0 Å². The molecular formula is C30H38N2. The Labute approximate surface area is 194 Å². The zero-order chi connectivity index (χ0) is 23.8. The molecule has 0 aliphatic carbocycles. The molecule has 32 heavy (non-hydrogen) atoms. The van der Waals surface area contributed by atoms with Gasteiger partial charge in [0.25, 0.3) is 0 Å². The molecule has 2 N–H and O–H groups in total. The first kappa shape index (κ1) is 25.3. The van der Waals surface area contributed by atoms with Gasteiger partial charge in [0, 0.05) is 11.4 Å². The summed E-state index contributed by atoms with van der Waals surface area (Å²) >= 11 is 0. The smallest absolute Gasteiger partial charge is 0.0358 e. The van der Waals surface area contributed by atoms with Gasteiger partial charge in [-0.05, 0) is 111 Å². The highest BCUT2D eigenvalue weighted by atomic mass is 14.4. The number of nitrogens with one attached hydrogen (secondary N) is 2. The summed E-state index contributed by atoms with van der Waals surface area (Å²) in [5.41, 5.74) is 12.6. The highest BCUT2D eigenvalue weighted by Crippen LogP contribution is 2.22. The van der Waals surface area contributed by atoms with Crippen molar-refractivity contribution in [3.63, 3.8) is 0 Å². The van der Waals surface area contributed by atoms with Gasteiger partial charge in [0.1, 0.15) is 0 Å². The lowest BCUT2D eigenvalue weighted by Gasteiger charge is -2.15. The summed E-state index contributed by atoms with van der Waals surface area (Å²) < 4.78 is 0. The molecule has 0 atom stereocenters. The highest BCUT2D eigenvalue weighted by molar-refractivity contribution is 6.03. The fourth-order valence-electron chi connectivity index (χ4n) is 4.46. The molecule has 168 valence electrons. The predicted molar refractivity (Wildman–Crippen MR) is 140 cm³/mol. The lowest BCUT2D eigenvalue weighted by atomic mass is 9.89. The van der Waals surface area contributed by atoms with Crippen LogP contribution in [0.5, 0.6) is 0 Å². The average Bonchev–Trinajstić information content (AvgIpc) is 2.73. The first-order valence-corrected chi connectivity index (χ1v) is 11.5. The van der Waals surface area contributed by atoms with Crippen LogP contribution in [-0.2, 0) is 19.3 Å². The molecule has 2 heteroatoms. The minimum absolute atomic E-state index is 0.569. The van der Waals surface area contributed by atoms with E-state index >= 15 is 0 Å². The predicted octanol–water partition coefficient (Wildman–Crippen LogP) is 7.73. The van der Waals surface area contributed by atoms with Gasteiger partial charge in [-0.3, -0.25) is 0 Å². The lowest BCUT2D eigenvalue weighted by molar-refractivity contribution is 0.932. The standard InChI is InChI=1S/C20H24N2.C10H14/c1-13-7-5-8-14(2)17(13)11-12-20-18(15(3)21)9-6-10-19(20)16(4)22;1-4-10-8(2)6-5-7-9(10)3/h5-10,21-22H,11-12H2,1-4H3;5-7H,4H2,1-3H3. The van der Waals surface area contributed by atoms with Crippen LogP contribution < -0.4 is 0 Å². The third-order valence-corrected chi connectivity index (χ3v) is 6.25. The molecule has 0 unspecified atom stereocenters. The number of hydrogen-bond donors (Lipinski definition) is 2. The van der Waals surface area contributed by atoms with Crippen LogP contribution in [0.1, 0.15) is 70.8 Å². The topological polar surface area (TPSA) is 47.7 Å². The average molecular weight is 427 g/mol. The molecule has 0 saturated carbocycles. The molecule has 0 aromatic heterocycles. The SMILES string of the molecule is CC(=N)c1cccc(C(C)=N)c1CCc1c(C)cccc1C.CCc1c(C)cccc1C. The molecule has 0 bridgehead atoms. The van der Waals surface area contributed by atoms with E-state index in [1.54, 1.807) is 0 Å². The monoisotopic (exact) mass is 426 g/mol. The second kappa shape index (κ2) is 11.6. The molecular weight excluding hydrogens is 388 g/mol. The largest absolute Gasteiger partial charge is 0.305 e. The van der Waals surface area contributed by atoms with Gasteiger partial charge >= 0.3 is 0 Å². The molecule has 3 rings (SSSR count). The van der Waals surface area contributed by atoms with Crippen molar-refractivity contribution in [2.75, 3.05) is 0 Å². The molecule has 0 saturated heterocycles. The fraction of sp³-hybridized carbons (Fsp3) is 0.333. The summed E-state index contributed by atoms with van der Waals surface area (Å²) in [6, 6.07) is 18.8. The van der Waals surface area contributed by atoms with E-state index in [0.29, 0.717) is 11.4 Å². The van der Waals surface area contributed by atoms with Crippen LogP contribution in [0.25, 0.3) is 0 Å². The quantitative estimate of drug-likeness (QED) is 0.379. The Balaban J connectivity index is 0.000000303. The van der Waals surface area contributed by atoms with E-state index in [0.717, 1.165) is 36.0 Å². The summed E-state index contributed by atoms with van der Waals surface area (Å²) in [5, 5.41) is 16.0. The van der Waals surface area contributed by atoms with Gasteiger partial charge in [-0.25, -0.2) is 0 Å². The normalized spacial score (nSPS) is 10.3. The van der Waals surface area contributed by atoms with Crippen molar-refractivity contribution in [1.82, 2.24) is 0 Å². The Kier molecular flexibility index (Phi) is 9.13. The van der Waals surface area contributed by atoms with E-state index in [9.17, 15) is 0 Å². The molecule has 3 aromatic carbocycles. The van der Waals surface area contributed by atoms with Crippen LogP contribution in [0.2, 0.25) is 0 Å². The van der Waals surface area contributed by atoms with Crippen molar-refractivity contribution < 1.29 is 0 Å². The van der Waals surface area contributed by atoms with Crippen LogP contribution >= 0.6 is 0 Å². The van der Waals surface area contributed by atoms with Crippen molar-refractivity contribution in [1.29, 1.82) is 10.8 Å². The van der Waals surface area contributed by atoms with Gasteiger partial charge in [-0.2, -0.15) is 0 Å². The molecule has 0 spiro atoms. The van der Waals surface area contributed by atoms with Gasteiger partial charge < -0.3 is 10.8 Å². The van der Waals surface area contributed by atoms with E-state index in [4.69, 9.17) is 10.8 Å². The Hall–Kier alpha value is -3.00. The van der Waals surface area contributed by atoms with Gasteiger partial charge in [0.05, 0.1) is 0 Å². The molecule has 0 fully saturated rings. The maximum absolute atomic E-state index is 8.01. The van der Waals surface area contributed by atoms with Gasteiger partial charge in [-0.1, -0.05) is 61.5 Å². The molecule has 0 aliphatic heterocycles. The van der Waals surface area contributed by atoms with Crippen LogP contribution in [0.3, 0.4) is 0 Å². The van der Waals surface area contributed by atoms with Crippen molar-refractivity contribution in [3.05, 3.63) is 105 Å². The zero-order valence-electron chi connectivity index (χ0n) is 20.8. The van der Waals surface area contributed by atoms with Crippen molar-refractivity contribution in [2.45, 2.75) is 67.7 Å². The van der Waals surface area contributed by atoms with E-state index in [2.05, 4.69) is 71.0 Å². The molecule has 3 aromatic rings. The second-order valence-electron chi connectivity index (χ2n) is 8.68. The Morgan fingerprint density at radius 3 is 1.25 bits per heavy atom. The molecule has 0 amide bonds. The van der Waals surface area contributed by atoms with Gasteiger partial charge in [0.2, 0.25) is 0 Å². The maximum Gasteiger partial charge on any atom is 0.0358 e. The summed E-state index contributed by atoms with van der Waals surface area (Å²) in [6.45, 7) is 14.5. The molecule has 0 aliphatic rings. The summed E-state index contributed by atoms with van der Waals surface area (Å²) in [5.74, 6) is 0. The van der Waals surface area contributed by atoms with Crippen LogP contribution in [0.4, 0.5) is 0 Å². The summed E-state index contributed by atoms with van der Waals surface area (Å²) in [4.78, 5) is 0. The van der Waals surface area contributed by atoms with E-state index in [1.165, 1.54) is 33.4 Å². The van der Waals surface area contributed by atoms with E-state index in [1.807, 2.05) is 32.0 Å². The van der Waals surface area contributed by atoms with Gasteiger partial charge in [-0.15, -0.1) is 0 Å². The third kappa shape index (κ3) is 6.26. The lowest BCUT2D eigenvalue weighted by Crippen LogP contribution is -2.09. The minimum atomic E-state index is 0.569. The zero-order valence-corrected chi connectivity index (χ0v) is 20.8.